The Bertz CT molecular complexity index is 614. The number of fused-ring (bicyclic) bond motifs is 1. The number of benzene rings is 2. The predicted molar refractivity (Wildman–Crippen MR) is 94.6 cm³/mol. The predicted octanol–water partition coefficient (Wildman–Crippen LogP) is 3.82. The zero-order valence-electron chi connectivity index (χ0n) is 12.2. The fourth-order valence-corrected chi connectivity index (χ4v) is 3.15. The minimum atomic E-state index is 0.931. The summed E-state index contributed by atoms with van der Waals surface area (Å²) in [6.07, 6.45) is 0. The lowest BCUT2D eigenvalue weighted by Gasteiger charge is -2.37. The largest absolute Gasteiger partial charge is 0.382 e. The molecule has 3 nitrogen and oxygen atoms in total. The Labute approximate surface area is 134 Å². The molecule has 21 heavy (non-hydrogen) atoms. The number of nitrogens with one attached hydrogen (secondary N) is 1. The molecule has 3 rings (SSSR count). The van der Waals surface area contributed by atoms with E-state index in [1.807, 2.05) is 6.07 Å². The van der Waals surface area contributed by atoms with Crippen molar-refractivity contribution in [2.24, 2.45) is 0 Å². The standard InChI is InChI=1S/C17H20BrN3/c1-20-12-13-21(17-9-5-4-8-16(17)20)11-10-19-15-7-3-2-6-14(15)18/h2-9,19H,10-13H2,1H3. The van der Waals surface area contributed by atoms with E-state index in [2.05, 4.69) is 80.6 Å². The molecule has 1 heterocycles. The van der Waals surface area contributed by atoms with Gasteiger partial charge in [0.2, 0.25) is 0 Å². The average Bonchev–Trinajstić information content (AvgIpc) is 2.52. The molecular formula is C17H20BrN3. The second-order valence-electron chi connectivity index (χ2n) is 5.30. The van der Waals surface area contributed by atoms with Crippen molar-refractivity contribution in [3.05, 3.63) is 53.0 Å². The molecule has 4 heteroatoms. The van der Waals surface area contributed by atoms with Gasteiger partial charge in [-0.3, -0.25) is 0 Å². The fraction of sp³-hybridized carbons (Fsp3) is 0.294. The van der Waals surface area contributed by atoms with E-state index in [1.54, 1.807) is 0 Å². The second kappa shape index (κ2) is 6.39. The summed E-state index contributed by atoms with van der Waals surface area (Å²) in [6.45, 7) is 4.09. The van der Waals surface area contributed by atoms with Gasteiger partial charge in [-0.25, -0.2) is 0 Å². The Morgan fingerprint density at radius 2 is 1.71 bits per heavy atom. The van der Waals surface area contributed by atoms with Crippen LogP contribution < -0.4 is 15.1 Å². The molecule has 0 saturated carbocycles. The number of halogens is 1. The van der Waals surface area contributed by atoms with Crippen molar-refractivity contribution in [3.63, 3.8) is 0 Å². The second-order valence-corrected chi connectivity index (χ2v) is 6.16. The third-order valence-electron chi connectivity index (χ3n) is 3.91. The smallest absolute Gasteiger partial charge is 0.0605 e. The maximum Gasteiger partial charge on any atom is 0.0605 e. The minimum Gasteiger partial charge on any atom is -0.382 e. The maximum atomic E-state index is 3.57. The molecule has 2 aromatic carbocycles. The molecule has 0 spiro atoms. The van der Waals surface area contributed by atoms with E-state index in [1.165, 1.54) is 11.4 Å². The zero-order valence-corrected chi connectivity index (χ0v) is 13.8. The number of hydrogen-bond acceptors (Lipinski definition) is 3. The van der Waals surface area contributed by atoms with E-state index < -0.39 is 0 Å². The minimum absolute atomic E-state index is 0.931. The first-order valence-electron chi connectivity index (χ1n) is 7.29. The molecule has 0 fully saturated rings. The Morgan fingerprint density at radius 3 is 2.52 bits per heavy atom. The molecular weight excluding hydrogens is 326 g/mol. The van der Waals surface area contributed by atoms with E-state index >= 15 is 0 Å². The monoisotopic (exact) mass is 345 g/mol. The lowest BCUT2D eigenvalue weighted by atomic mass is 10.2. The third kappa shape index (κ3) is 3.16. The van der Waals surface area contributed by atoms with Crippen molar-refractivity contribution in [1.29, 1.82) is 0 Å². The van der Waals surface area contributed by atoms with Gasteiger partial charge in [0.05, 0.1) is 11.4 Å². The first-order valence-corrected chi connectivity index (χ1v) is 8.08. The van der Waals surface area contributed by atoms with Crippen LogP contribution in [0.5, 0.6) is 0 Å². The van der Waals surface area contributed by atoms with Gasteiger partial charge in [0.25, 0.3) is 0 Å². The molecule has 110 valence electrons. The van der Waals surface area contributed by atoms with Crippen LogP contribution in [0.1, 0.15) is 0 Å². The van der Waals surface area contributed by atoms with Gasteiger partial charge >= 0.3 is 0 Å². The molecule has 0 unspecified atom stereocenters. The molecule has 0 amide bonds. The highest BCUT2D eigenvalue weighted by Gasteiger charge is 2.18. The van der Waals surface area contributed by atoms with Crippen LogP contribution in [-0.2, 0) is 0 Å². The molecule has 0 radical (unpaired) electrons. The molecule has 1 aliphatic heterocycles. The van der Waals surface area contributed by atoms with Crippen LogP contribution in [0.15, 0.2) is 53.0 Å². The highest BCUT2D eigenvalue weighted by atomic mass is 79.9. The van der Waals surface area contributed by atoms with Crippen molar-refractivity contribution < 1.29 is 0 Å². The maximum absolute atomic E-state index is 3.57. The van der Waals surface area contributed by atoms with Crippen molar-refractivity contribution in [3.8, 4) is 0 Å². The molecule has 0 atom stereocenters. The van der Waals surface area contributed by atoms with E-state index in [-0.39, 0.29) is 0 Å². The van der Waals surface area contributed by atoms with Crippen molar-refractivity contribution in [2.75, 3.05) is 48.3 Å². The Morgan fingerprint density at radius 1 is 1.00 bits per heavy atom. The lowest BCUT2D eigenvalue weighted by molar-refractivity contribution is 0.741. The molecule has 2 aromatic rings. The van der Waals surface area contributed by atoms with Crippen LogP contribution in [0.4, 0.5) is 17.1 Å². The summed E-state index contributed by atoms with van der Waals surface area (Å²) in [6, 6.07) is 16.9. The van der Waals surface area contributed by atoms with Crippen molar-refractivity contribution in [2.45, 2.75) is 0 Å². The number of anilines is 3. The van der Waals surface area contributed by atoms with Crippen LogP contribution in [0, 0.1) is 0 Å². The quantitative estimate of drug-likeness (QED) is 0.908. The number of likely N-dealkylation sites (N-methyl/N-ethyl adjacent to an activating group) is 1. The molecule has 0 aromatic heterocycles. The van der Waals surface area contributed by atoms with Crippen LogP contribution in [-0.4, -0.2) is 33.2 Å². The first-order chi connectivity index (χ1) is 10.3. The zero-order chi connectivity index (χ0) is 14.7. The SMILES string of the molecule is CN1CCN(CCNc2ccccc2Br)c2ccccc21. The summed E-state index contributed by atoms with van der Waals surface area (Å²) in [4.78, 5) is 4.78. The highest BCUT2D eigenvalue weighted by Crippen LogP contribution is 2.31. The van der Waals surface area contributed by atoms with Crippen LogP contribution in [0.3, 0.4) is 0 Å². The van der Waals surface area contributed by atoms with Gasteiger partial charge in [-0.2, -0.15) is 0 Å². The van der Waals surface area contributed by atoms with Gasteiger partial charge < -0.3 is 15.1 Å². The molecule has 0 bridgehead atoms. The summed E-state index contributed by atoms with van der Waals surface area (Å²) in [5, 5.41) is 3.50. The van der Waals surface area contributed by atoms with Crippen LogP contribution in [0.25, 0.3) is 0 Å². The van der Waals surface area contributed by atoms with Crippen LogP contribution >= 0.6 is 15.9 Å². The summed E-state index contributed by atoms with van der Waals surface area (Å²) in [7, 11) is 2.16. The van der Waals surface area contributed by atoms with E-state index in [4.69, 9.17) is 0 Å². The third-order valence-corrected chi connectivity index (χ3v) is 4.60. The van der Waals surface area contributed by atoms with Gasteiger partial charge in [0.1, 0.15) is 0 Å². The number of hydrogen-bond donors (Lipinski definition) is 1. The Kier molecular flexibility index (Phi) is 4.34. The average molecular weight is 346 g/mol. The van der Waals surface area contributed by atoms with Gasteiger partial charge in [-0.15, -0.1) is 0 Å². The van der Waals surface area contributed by atoms with E-state index in [9.17, 15) is 0 Å². The first kappa shape index (κ1) is 14.3. The molecule has 1 aliphatic rings. The van der Waals surface area contributed by atoms with E-state index in [0.29, 0.717) is 0 Å². The van der Waals surface area contributed by atoms with Gasteiger partial charge in [0.15, 0.2) is 0 Å². The fourth-order valence-electron chi connectivity index (χ4n) is 2.73. The Hall–Kier alpha value is -1.68. The highest BCUT2D eigenvalue weighted by molar-refractivity contribution is 9.10. The molecule has 0 aliphatic carbocycles. The van der Waals surface area contributed by atoms with Crippen molar-refractivity contribution in [1.82, 2.24) is 0 Å². The number of rotatable bonds is 4. The molecule has 1 N–H and O–H groups in total. The summed E-state index contributed by atoms with van der Waals surface area (Å²) in [5.41, 5.74) is 3.81. The van der Waals surface area contributed by atoms with Gasteiger partial charge in [0, 0.05) is 43.4 Å². The topological polar surface area (TPSA) is 18.5 Å². The summed E-state index contributed by atoms with van der Waals surface area (Å²) in [5.74, 6) is 0. The number of para-hydroxylation sites is 3. The van der Waals surface area contributed by atoms with Crippen molar-refractivity contribution >= 4 is 33.0 Å². The van der Waals surface area contributed by atoms with E-state index in [0.717, 1.165) is 36.3 Å². The normalized spacial score (nSPS) is 14.0. The number of nitrogens with zero attached hydrogens (tertiary/aromatic N) is 2. The molecule has 0 saturated heterocycles. The van der Waals surface area contributed by atoms with Gasteiger partial charge in [-0.05, 0) is 40.2 Å². The van der Waals surface area contributed by atoms with Crippen LogP contribution in [0.2, 0.25) is 0 Å². The summed E-state index contributed by atoms with van der Waals surface area (Å²) < 4.78 is 1.11. The van der Waals surface area contributed by atoms with Gasteiger partial charge in [-0.1, -0.05) is 24.3 Å². The summed E-state index contributed by atoms with van der Waals surface area (Å²) >= 11 is 3.57. The Balaban J connectivity index is 1.64. The lowest BCUT2D eigenvalue weighted by Crippen LogP contribution is -2.41.